The van der Waals surface area contributed by atoms with Crippen molar-refractivity contribution in [2.24, 2.45) is 5.92 Å². The zero-order valence-electron chi connectivity index (χ0n) is 20.9. The second-order valence-corrected chi connectivity index (χ2v) is 9.50. The molecule has 0 aliphatic heterocycles. The zero-order valence-corrected chi connectivity index (χ0v) is 20.9. The van der Waals surface area contributed by atoms with Gasteiger partial charge in [-0.2, -0.15) is 0 Å². The van der Waals surface area contributed by atoms with Gasteiger partial charge in [-0.3, -0.25) is 19.4 Å². The molecule has 1 amide bonds. The summed E-state index contributed by atoms with van der Waals surface area (Å²) in [5, 5.41) is 12.5. The van der Waals surface area contributed by atoms with Crippen molar-refractivity contribution >= 4 is 11.9 Å². The topological polar surface area (TPSA) is 101 Å². The van der Waals surface area contributed by atoms with Crippen molar-refractivity contribution in [3.05, 3.63) is 87.5 Å². The maximum atomic E-state index is 13.5. The summed E-state index contributed by atoms with van der Waals surface area (Å²) < 4.78 is 1.43. The number of amides is 1. The van der Waals surface area contributed by atoms with Gasteiger partial charge in [0.15, 0.2) is 0 Å². The molecule has 35 heavy (non-hydrogen) atoms. The van der Waals surface area contributed by atoms with E-state index in [-0.39, 0.29) is 23.8 Å². The molecule has 0 bridgehead atoms. The maximum Gasteiger partial charge on any atom is 0.305 e. The van der Waals surface area contributed by atoms with Crippen LogP contribution in [0.4, 0.5) is 0 Å². The van der Waals surface area contributed by atoms with Gasteiger partial charge in [-0.15, -0.1) is 0 Å². The van der Waals surface area contributed by atoms with Gasteiger partial charge in [0.05, 0.1) is 18.2 Å². The molecule has 3 rings (SSSR count). The molecule has 1 aromatic carbocycles. The molecule has 2 unspecified atom stereocenters. The normalized spacial score (nSPS) is 12.9. The van der Waals surface area contributed by atoms with Crippen molar-refractivity contribution < 1.29 is 14.7 Å². The fourth-order valence-electron chi connectivity index (χ4n) is 4.35. The summed E-state index contributed by atoms with van der Waals surface area (Å²) in [6, 6.07) is 11.3. The Morgan fingerprint density at radius 2 is 1.74 bits per heavy atom. The van der Waals surface area contributed by atoms with Gasteiger partial charge in [-0.1, -0.05) is 32.0 Å². The van der Waals surface area contributed by atoms with Crippen LogP contribution in [0, 0.1) is 26.7 Å². The smallest absolute Gasteiger partial charge is 0.305 e. The monoisotopic (exact) mass is 475 g/mol. The number of carboxylic acid groups (broad SMARTS) is 1. The number of pyridine rings is 2. The first-order chi connectivity index (χ1) is 16.6. The first-order valence-electron chi connectivity index (χ1n) is 11.8. The molecule has 0 saturated carbocycles. The van der Waals surface area contributed by atoms with E-state index in [4.69, 9.17) is 0 Å². The van der Waals surface area contributed by atoms with Crippen LogP contribution in [0.15, 0.2) is 59.7 Å². The predicted molar refractivity (Wildman–Crippen MR) is 136 cm³/mol. The Kier molecular flexibility index (Phi) is 8.22. The second kappa shape index (κ2) is 11.1. The predicted octanol–water partition coefficient (Wildman–Crippen LogP) is 4.75. The van der Waals surface area contributed by atoms with Gasteiger partial charge >= 0.3 is 5.97 Å². The number of nitrogens with one attached hydrogen (secondary N) is 1. The fraction of sp³-hybridized carbons (Fsp3) is 0.357. The van der Waals surface area contributed by atoms with Crippen molar-refractivity contribution in [1.82, 2.24) is 14.9 Å². The van der Waals surface area contributed by atoms with Crippen LogP contribution >= 0.6 is 0 Å². The molecule has 184 valence electrons. The Morgan fingerprint density at radius 1 is 1.06 bits per heavy atom. The lowest BCUT2D eigenvalue weighted by molar-refractivity contribution is -0.138. The fourth-order valence-corrected chi connectivity index (χ4v) is 4.35. The minimum absolute atomic E-state index is 0.147. The quantitative estimate of drug-likeness (QED) is 0.465. The number of hydrogen-bond donors (Lipinski definition) is 2. The summed E-state index contributed by atoms with van der Waals surface area (Å²) in [7, 11) is 0. The molecule has 3 aromatic rings. The van der Waals surface area contributed by atoms with E-state index in [0.29, 0.717) is 12.0 Å². The summed E-state index contributed by atoms with van der Waals surface area (Å²) in [6.45, 7) is 9.79. The minimum Gasteiger partial charge on any atom is -0.481 e. The number of aliphatic carboxylic acids is 1. The van der Waals surface area contributed by atoms with E-state index in [1.165, 1.54) is 10.6 Å². The molecule has 0 radical (unpaired) electrons. The maximum absolute atomic E-state index is 13.5. The highest BCUT2D eigenvalue weighted by molar-refractivity contribution is 5.81. The first-order valence-corrected chi connectivity index (χ1v) is 11.8. The Morgan fingerprint density at radius 3 is 2.34 bits per heavy atom. The number of hydrogen-bond acceptors (Lipinski definition) is 4. The number of rotatable bonds is 9. The van der Waals surface area contributed by atoms with Crippen molar-refractivity contribution in [2.75, 3.05) is 0 Å². The van der Waals surface area contributed by atoms with Crippen LogP contribution in [0.2, 0.25) is 0 Å². The summed E-state index contributed by atoms with van der Waals surface area (Å²) in [5.41, 5.74) is 5.02. The summed E-state index contributed by atoms with van der Waals surface area (Å²) in [5.74, 6) is -1.27. The van der Waals surface area contributed by atoms with Crippen LogP contribution in [-0.4, -0.2) is 26.5 Å². The third-order valence-electron chi connectivity index (χ3n) is 6.06. The molecule has 0 fully saturated rings. The van der Waals surface area contributed by atoms with Crippen LogP contribution in [0.1, 0.15) is 61.0 Å². The zero-order chi connectivity index (χ0) is 25.7. The molecule has 0 aliphatic rings. The van der Waals surface area contributed by atoms with E-state index in [9.17, 15) is 19.5 Å². The molecule has 2 heterocycles. The molecular weight excluding hydrogens is 442 g/mol. The molecule has 0 aliphatic carbocycles. The molecule has 0 spiro atoms. The van der Waals surface area contributed by atoms with E-state index in [1.54, 1.807) is 24.5 Å². The minimum atomic E-state index is -1.03. The number of aryl methyl sites for hydroxylation is 3. The molecule has 0 saturated heterocycles. The SMILES string of the molecule is Cc1ccn(C(CC(C)C)C(=O)NC(CC(=O)O)c2ccnc(-c3c(C)cccc3C)c2)c(=O)c1. The highest BCUT2D eigenvalue weighted by Gasteiger charge is 2.27. The Balaban J connectivity index is 1.98. The van der Waals surface area contributed by atoms with Crippen LogP contribution in [0.25, 0.3) is 11.3 Å². The third-order valence-corrected chi connectivity index (χ3v) is 6.06. The Labute approximate surface area is 205 Å². The van der Waals surface area contributed by atoms with Gasteiger partial charge in [0.25, 0.3) is 5.56 Å². The van der Waals surface area contributed by atoms with Gasteiger partial charge in [0.2, 0.25) is 5.91 Å². The van der Waals surface area contributed by atoms with E-state index >= 15 is 0 Å². The largest absolute Gasteiger partial charge is 0.481 e. The molecule has 2 N–H and O–H groups in total. The summed E-state index contributed by atoms with van der Waals surface area (Å²) in [4.78, 5) is 42.3. The van der Waals surface area contributed by atoms with Crippen LogP contribution in [0.3, 0.4) is 0 Å². The van der Waals surface area contributed by atoms with Gasteiger partial charge < -0.3 is 15.0 Å². The number of nitrogens with zero attached hydrogens (tertiary/aromatic N) is 2. The number of aromatic nitrogens is 2. The number of benzene rings is 1. The first kappa shape index (κ1) is 25.9. The lowest BCUT2D eigenvalue weighted by atomic mass is 9.96. The van der Waals surface area contributed by atoms with Crippen molar-refractivity contribution in [3.8, 4) is 11.3 Å². The Bertz CT molecular complexity index is 1260. The standard InChI is InChI=1S/C28H33N3O4/c1-17(2)13-24(31-12-10-18(3)14-25(31)32)28(35)30-22(16-26(33)34)21-9-11-29-23(15-21)27-19(4)7-6-8-20(27)5/h6-12,14-15,17,22,24H,13,16H2,1-5H3,(H,30,35)(H,33,34). The van der Waals surface area contributed by atoms with E-state index < -0.39 is 18.1 Å². The highest BCUT2D eigenvalue weighted by atomic mass is 16.4. The third kappa shape index (κ3) is 6.44. The van der Waals surface area contributed by atoms with E-state index in [1.807, 2.05) is 58.9 Å². The van der Waals surface area contributed by atoms with E-state index in [0.717, 1.165) is 27.9 Å². The van der Waals surface area contributed by atoms with E-state index in [2.05, 4.69) is 10.3 Å². The van der Waals surface area contributed by atoms with Crippen molar-refractivity contribution in [3.63, 3.8) is 0 Å². The summed E-state index contributed by atoms with van der Waals surface area (Å²) >= 11 is 0. The van der Waals surface area contributed by atoms with Gasteiger partial charge in [0, 0.05) is 24.0 Å². The second-order valence-electron chi connectivity index (χ2n) is 9.50. The molecule has 2 aromatic heterocycles. The number of carboxylic acids is 1. The van der Waals surface area contributed by atoms with Crippen LogP contribution in [-0.2, 0) is 9.59 Å². The molecule has 2 atom stereocenters. The highest BCUT2D eigenvalue weighted by Crippen LogP contribution is 2.29. The molecular formula is C28H33N3O4. The van der Waals surface area contributed by atoms with Crippen molar-refractivity contribution in [2.45, 2.75) is 59.5 Å². The Hall–Kier alpha value is -3.74. The average Bonchev–Trinajstić information content (AvgIpc) is 2.77. The van der Waals surface area contributed by atoms with Gasteiger partial charge in [-0.25, -0.2) is 0 Å². The van der Waals surface area contributed by atoms with Crippen LogP contribution in [0.5, 0.6) is 0 Å². The lowest BCUT2D eigenvalue weighted by Crippen LogP contribution is -2.40. The number of carbonyl (C=O) groups is 2. The number of carbonyl (C=O) groups excluding carboxylic acids is 1. The van der Waals surface area contributed by atoms with Gasteiger partial charge in [0.1, 0.15) is 6.04 Å². The lowest BCUT2D eigenvalue weighted by Gasteiger charge is -2.25. The van der Waals surface area contributed by atoms with Crippen molar-refractivity contribution in [1.29, 1.82) is 0 Å². The van der Waals surface area contributed by atoms with Gasteiger partial charge in [-0.05, 0) is 73.6 Å². The molecule has 7 heteroatoms. The average molecular weight is 476 g/mol. The molecule has 7 nitrogen and oxygen atoms in total. The summed E-state index contributed by atoms with van der Waals surface area (Å²) in [6.07, 6.45) is 3.41. The van der Waals surface area contributed by atoms with Crippen LogP contribution < -0.4 is 10.9 Å².